The van der Waals surface area contributed by atoms with E-state index in [9.17, 15) is 4.79 Å². The van der Waals surface area contributed by atoms with Gasteiger partial charge < -0.3 is 4.74 Å². The number of carbonyl (C=O) groups is 1. The average molecular weight is 472 g/mol. The molecule has 0 unspecified atom stereocenters. The van der Waals surface area contributed by atoms with Crippen LogP contribution in [0.3, 0.4) is 0 Å². The van der Waals surface area contributed by atoms with Gasteiger partial charge in [-0.1, -0.05) is 60.8 Å². The number of nitrogens with zero attached hydrogens (tertiary/aromatic N) is 1. The zero-order valence-electron chi connectivity index (χ0n) is 17.2. The van der Waals surface area contributed by atoms with E-state index in [1.165, 1.54) is 10.5 Å². The number of hydrogen-bond donors (Lipinski definition) is 0. The van der Waals surface area contributed by atoms with Crippen molar-refractivity contribution in [3.05, 3.63) is 87.2 Å². The first kappa shape index (κ1) is 22.2. The van der Waals surface area contributed by atoms with Crippen molar-refractivity contribution in [2.45, 2.75) is 43.4 Å². The Bertz CT molecular complexity index is 1090. The summed E-state index contributed by atoms with van der Waals surface area (Å²) < 4.78 is 6.03. The van der Waals surface area contributed by atoms with E-state index >= 15 is 0 Å². The zero-order valence-corrected chi connectivity index (χ0v) is 19.6. The van der Waals surface area contributed by atoms with Gasteiger partial charge in [-0.15, -0.1) is 11.8 Å². The lowest BCUT2D eigenvalue weighted by molar-refractivity contribution is 0.0930. The molecule has 0 aliphatic heterocycles. The van der Waals surface area contributed by atoms with Crippen LogP contribution in [-0.2, 0) is 18.8 Å². The molecule has 2 aromatic carbocycles. The molecule has 0 N–H and O–H groups in total. The van der Waals surface area contributed by atoms with E-state index in [-0.39, 0.29) is 11.7 Å². The summed E-state index contributed by atoms with van der Waals surface area (Å²) in [5, 5.41) is 0.635. The lowest BCUT2D eigenvalue weighted by Crippen LogP contribution is -2.08. The fourth-order valence-corrected chi connectivity index (χ4v) is 5.24. The Morgan fingerprint density at radius 1 is 1.10 bits per heavy atom. The number of halogens is 2. The predicted molar refractivity (Wildman–Crippen MR) is 127 cm³/mol. The van der Waals surface area contributed by atoms with Crippen molar-refractivity contribution in [2.24, 2.45) is 5.92 Å². The minimum absolute atomic E-state index is 0.00149. The van der Waals surface area contributed by atoms with E-state index in [1.807, 2.05) is 30.3 Å². The van der Waals surface area contributed by atoms with E-state index in [4.69, 9.17) is 27.9 Å². The van der Waals surface area contributed by atoms with Crippen LogP contribution in [0.1, 0.15) is 46.8 Å². The van der Waals surface area contributed by atoms with E-state index < -0.39 is 0 Å². The number of benzene rings is 2. The van der Waals surface area contributed by atoms with Crippen molar-refractivity contribution in [3.8, 4) is 5.75 Å². The largest absolute Gasteiger partial charge is 0.487 e. The molecule has 1 atom stereocenters. The normalized spacial score (nSPS) is 15.2. The summed E-state index contributed by atoms with van der Waals surface area (Å²) in [7, 11) is 0. The molecule has 31 heavy (non-hydrogen) atoms. The molecule has 1 aromatic heterocycles. The average Bonchev–Trinajstić information content (AvgIpc) is 3.10. The van der Waals surface area contributed by atoms with Crippen molar-refractivity contribution >= 4 is 40.7 Å². The number of Topliss-reactive ketones (excluding diaryl/α,β-unsaturated/α-hetero) is 1. The van der Waals surface area contributed by atoms with Gasteiger partial charge in [0.1, 0.15) is 17.4 Å². The summed E-state index contributed by atoms with van der Waals surface area (Å²) in [6.45, 7) is 2.47. The highest BCUT2D eigenvalue weighted by Gasteiger charge is 2.34. The molecule has 0 amide bonds. The fourth-order valence-electron chi connectivity index (χ4n) is 3.90. The molecule has 0 fully saturated rings. The topological polar surface area (TPSA) is 39.2 Å². The highest BCUT2D eigenvalue weighted by atomic mass is 35.5. The lowest BCUT2D eigenvalue weighted by Gasteiger charge is -2.13. The van der Waals surface area contributed by atoms with Gasteiger partial charge in [0.15, 0.2) is 5.78 Å². The maximum atomic E-state index is 12.7. The van der Waals surface area contributed by atoms with Crippen LogP contribution < -0.4 is 4.74 Å². The number of carbonyl (C=O) groups excluding carboxylic acids is 1. The van der Waals surface area contributed by atoms with Crippen molar-refractivity contribution in [1.82, 2.24) is 4.98 Å². The van der Waals surface area contributed by atoms with Crippen LogP contribution in [0.15, 0.2) is 59.8 Å². The molecule has 4 rings (SSSR count). The third kappa shape index (κ3) is 5.08. The number of thioether (sulfide) groups is 1. The molecule has 3 nitrogen and oxygen atoms in total. The minimum atomic E-state index is -0.00149. The van der Waals surface area contributed by atoms with Crippen molar-refractivity contribution < 1.29 is 9.53 Å². The van der Waals surface area contributed by atoms with Gasteiger partial charge in [-0.25, -0.2) is 0 Å². The Kier molecular flexibility index (Phi) is 7.21. The molecule has 0 spiro atoms. The Labute approximate surface area is 197 Å². The van der Waals surface area contributed by atoms with E-state index in [1.54, 1.807) is 24.2 Å². The van der Waals surface area contributed by atoms with Crippen molar-refractivity contribution in [3.63, 3.8) is 0 Å². The molecule has 6 heteroatoms. The fraction of sp³-hybridized carbons (Fsp3) is 0.280. The Morgan fingerprint density at radius 3 is 2.65 bits per heavy atom. The summed E-state index contributed by atoms with van der Waals surface area (Å²) in [4.78, 5) is 17.9. The van der Waals surface area contributed by atoms with Gasteiger partial charge in [-0.05, 0) is 47.7 Å². The Hall–Kier alpha value is -2.01. The molecular formula is C25H23Cl2NO2S. The highest BCUT2D eigenvalue weighted by Crippen LogP contribution is 2.43. The molecule has 1 aliphatic rings. The van der Waals surface area contributed by atoms with Crippen molar-refractivity contribution in [2.75, 3.05) is 0 Å². The first-order valence-corrected chi connectivity index (χ1v) is 12.1. The summed E-state index contributed by atoms with van der Waals surface area (Å²) in [6, 6.07) is 14.2. The van der Waals surface area contributed by atoms with E-state index in [0.717, 1.165) is 29.7 Å². The van der Waals surface area contributed by atoms with E-state index in [0.29, 0.717) is 34.4 Å². The monoisotopic (exact) mass is 471 g/mol. The number of ether oxygens (including phenoxy) is 1. The number of ketones is 1. The second-order valence-electron chi connectivity index (χ2n) is 7.67. The third-order valence-electron chi connectivity index (χ3n) is 5.42. The second-order valence-corrected chi connectivity index (χ2v) is 9.48. The van der Waals surface area contributed by atoms with Gasteiger partial charge in [0.25, 0.3) is 0 Å². The van der Waals surface area contributed by atoms with Gasteiger partial charge in [-0.3, -0.25) is 9.78 Å². The van der Waals surface area contributed by atoms with Gasteiger partial charge in [0.05, 0.1) is 5.02 Å². The summed E-state index contributed by atoms with van der Waals surface area (Å²) in [6.07, 6.45) is 6.14. The van der Waals surface area contributed by atoms with Crippen molar-refractivity contribution in [1.29, 1.82) is 0 Å². The predicted octanol–water partition coefficient (Wildman–Crippen LogP) is 7.41. The minimum Gasteiger partial charge on any atom is -0.487 e. The Balaban J connectivity index is 1.45. The van der Waals surface area contributed by atoms with Gasteiger partial charge in [0, 0.05) is 34.5 Å². The Morgan fingerprint density at radius 2 is 1.87 bits per heavy atom. The second kappa shape index (κ2) is 10.1. The molecule has 1 aliphatic carbocycles. The molecule has 0 saturated heterocycles. The first-order chi connectivity index (χ1) is 15.1. The first-order valence-electron chi connectivity index (χ1n) is 10.3. The van der Waals surface area contributed by atoms with Crippen LogP contribution in [0.5, 0.6) is 5.75 Å². The lowest BCUT2D eigenvalue weighted by atomic mass is 10.00. The maximum Gasteiger partial charge on any atom is 0.168 e. The van der Waals surface area contributed by atoms with E-state index in [2.05, 4.69) is 24.0 Å². The maximum absolute atomic E-state index is 12.7. The van der Waals surface area contributed by atoms with Crippen LogP contribution in [0, 0.1) is 5.92 Å². The number of hydrogen-bond acceptors (Lipinski definition) is 4. The summed E-state index contributed by atoms with van der Waals surface area (Å²) in [5.74, 6) is 1.50. The van der Waals surface area contributed by atoms with Gasteiger partial charge in [0.2, 0.25) is 0 Å². The number of fused-ring (bicyclic) bond motifs is 1. The molecule has 0 radical (unpaired) electrons. The SMILES string of the molecule is CCC[C@@H]1Cc2cc(OCc3cccc(CSc4ccncc4)c3)c(Cl)c(Cl)c2C1=O. The van der Waals surface area contributed by atoms with Gasteiger partial charge in [-0.2, -0.15) is 0 Å². The highest BCUT2D eigenvalue weighted by molar-refractivity contribution is 7.98. The molecule has 3 aromatic rings. The zero-order chi connectivity index (χ0) is 21.8. The third-order valence-corrected chi connectivity index (χ3v) is 7.35. The molecular weight excluding hydrogens is 449 g/mol. The number of aromatic nitrogens is 1. The molecule has 1 heterocycles. The van der Waals surface area contributed by atoms with Gasteiger partial charge >= 0.3 is 0 Å². The van der Waals surface area contributed by atoms with Crippen LogP contribution in [0.2, 0.25) is 10.0 Å². The summed E-state index contributed by atoms with van der Waals surface area (Å²) in [5.41, 5.74) is 3.79. The smallest absolute Gasteiger partial charge is 0.168 e. The number of pyridine rings is 1. The number of rotatable bonds is 8. The molecule has 0 saturated carbocycles. The standard InChI is InChI=1S/C25H23Cl2NO2S/c1-2-4-18-12-19-13-21(23(26)24(27)22(19)25(18)29)30-14-16-5-3-6-17(11-16)15-31-20-7-9-28-10-8-20/h3,5-11,13,18H,2,4,12,14-15H2,1H3/t18-/m1/s1. The van der Waals surface area contributed by atoms with Crippen LogP contribution in [0.25, 0.3) is 0 Å². The molecule has 160 valence electrons. The van der Waals surface area contributed by atoms with Crippen LogP contribution in [0.4, 0.5) is 0 Å². The summed E-state index contributed by atoms with van der Waals surface area (Å²) >= 11 is 14.7. The van der Waals surface area contributed by atoms with Crippen LogP contribution >= 0.6 is 35.0 Å². The molecule has 0 bridgehead atoms. The van der Waals surface area contributed by atoms with Crippen LogP contribution in [-0.4, -0.2) is 10.8 Å². The quantitative estimate of drug-likeness (QED) is 0.320.